The minimum atomic E-state index is -3.49. The Morgan fingerprint density at radius 2 is 1.62 bits per heavy atom. The Bertz CT molecular complexity index is 2440. The Labute approximate surface area is 389 Å². The summed E-state index contributed by atoms with van der Waals surface area (Å²) in [6.45, 7) is 25.7. The molecule has 65 heavy (non-hydrogen) atoms. The Morgan fingerprint density at radius 1 is 0.938 bits per heavy atom. The van der Waals surface area contributed by atoms with E-state index in [2.05, 4.69) is 64.3 Å². The van der Waals surface area contributed by atoms with Crippen LogP contribution in [0, 0.1) is 10.8 Å². The lowest BCUT2D eigenvalue weighted by Gasteiger charge is -2.71. The van der Waals surface area contributed by atoms with Crippen molar-refractivity contribution in [2.45, 2.75) is 149 Å². The van der Waals surface area contributed by atoms with Gasteiger partial charge in [-0.15, -0.1) is 0 Å². The van der Waals surface area contributed by atoms with Crippen LogP contribution < -0.4 is 0 Å². The predicted octanol–water partition coefficient (Wildman–Crippen LogP) is 10.1. The van der Waals surface area contributed by atoms with E-state index in [0.717, 1.165) is 73.7 Å². The van der Waals surface area contributed by atoms with E-state index in [4.69, 9.17) is 19.2 Å². The monoisotopic (exact) mass is 930 g/mol. The zero-order chi connectivity index (χ0) is 47.5. The van der Waals surface area contributed by atoms with Crippen molar-refractivity contribution in [3.05, 3.63) is 71.0 Å². The van der Waals surface area contributed by atoms with Crippen molar-refractivity contribution in [3.8, 4) is 11.3 Å². The van der Waals surface area contributed by atoms with Crippen molar-refractivity contribution in [1.29, 1.82) is 0 Å². The Balaban J connectivity index is 1.25. The highest BCUT2D eigenvalue weighted by Crippen LogP contribution is 2.71. The largest absolute Gasteiger partial charge is 0.478 e. The molecule has 0 saturated heterocycles. The molecule has 8 rings (SSSR count). The van der Waals surface area contributed by atoms with E-state index < -0.39 is 41.2 Å². The second-order valence-electron chi connectivity index (χ2n) is 22.5. The number of hydrogen-bond donors (Lipinski definition) is 1. The first kappa shape index (κ1) is 49.2. The molecule has 4 fully saturated rings. The summed E-state index contributed by atoms with van der Waals surface area (Å²) < 4.78 is 47.7. The molecule has 0 spiro atoms. The van der Waals surface area contributed by atoms with E-state index in [9.17, 15) is 23.1 Å². The minimum Gasteiger partial charge on any atom is -0.478 e. The van der Waals surface area contributed by atoms with Gasteiger partial charge in [-0.3, -0.25) is 0 Å². The van der Waals surface area contributed by atoms with Crippen LogP contribution in [0.4, 0.5) is 0 Å². The van der Waals surface area contributed by atoms with Crippen LogP contribution in [-0.2, 0) is 24.2 Å². The van der Waals surface area contributed by atoms with E-state index in [0.29, 0.717) is 49.0 Å². The highest BCUT2D eigenvalue weighted by atomic mass is 32.2. The van der Waals surface area contributed by atoms with Crippen molar-refractivity contribution in [2.24, 2.45) is 10.8 Å². The van der Waals surface area contributed by atoms with E-state index >= 15 is 0 Å². The third-order valence-corrected chi connectivity index (χ3v) is 18.3. The first-order chi connectivity index (χ1) is 30.3. The summed E-state index contributed by atoms with van der Waals surface area (Å²) in [5, 5.41) is 16.5. The molecular weight excluding hydrogens is 857 g/mol. The van der Waals surface area contributed by atoms with Crippen molar-refractivity contribution in [2.75, 3.05) is 45.7 Å². The number of fused-ring (bicyclic) bond motifs is 1. The number of carbonyl (C=O) groups excluding carboxylic acids is 1. The zero-order valence-electron chi connectivity index (χ0n) is 41.1. The molecule has 12 nitrogen and oxygen atoms in total. The first-order valence-corrected chi connectivity index (χ1v) is 29.0. The van der Waals surface area contributed by atoms with Gasteiger partial charge in [-0.25, -0.2) is 28.0 Å². The standard InChI is InChI=1S/C51H74N4O8SSi/c1-13-42-43(39-20-21-41(52-44(39)46(58)63-47(4,5)6)37-19-18-36-16-15-17-38(45(56)57)40(36)28-37)35(3)55(54(42)14-2)50-30-48(7)29-49(8,31-50)33-51(32-48,34-50)62-25-23-53(22-24-61-9)64(59,60)26-27-65(10,11)12/h15-21,28,35H,13-14,22-27,29-34H2,1-12H3,(H,56,57). The van der Waals surface area contributed by atoms with Gasteiger partial charge >= 0.3 is 11.9 Å². The summed E-state index contributed by atoms with van der Waals surface area (Å²) in [6, 6.07) is 15.4. The van der Waals surface area contributed by atoms with Crippen LogP contribution in [0.5, 0.6) is 0 Å². The van der Waals surface area contributed by atoms with Crippen LogP contribution in [0.25, 0.3) is 27.6 Å². The van der Waals surface area contributed by atoms with E-state index in [1.807, 2.05) is 57.2 Å². The lowest BCUT2D eigenvalue weighted by Crippen LogP contribution is -2.73. The summed E-state index contributed by atoms with van der Waals surface area (Å²) in [7, 11) is -3.46. The molecule has 2 heterocycles. The quantitative estimate of drug-likeness (QED) is 0.0964. The van der Waals surface area contributed by atoms with Crippen molar-refractivity contribution in [3.63, 3.8) is 0 Å². The molecule has 1 aromatic heterocycles. The van der Waals surface area contributed by atoms with Gasteiger partial charge in [0, 0.05) is 62.8 Å². The fourth-order valence-corrected chi connectivity index (χ4v) is 17.4. The number of carbonyl (C=O) groups is 2. The van der Waals surface area contributed by atoms with Gasteiger partial charge in [-0.1, -0.05) is 64.7 Å². The van der Waals surface area contributed by atoms with Crippen LogP contribution in [0.1, 0.15) is 127 Å². The Morgan fingerprint density at radius 3 is 2.22 bits per heavy atom. The van der Waals surface area contributed by atoms with Gasteiger partial charge in [0.25, 0.3) is 0 Å². The number of sulfonamides is 1. The molecule has 3 atom stereocenters. The van der Waals surface area contributed by atoms with E-state index in [1.165, 1.54) is 0 Å². The molecule has 0 radical (unpaired) electrons. The molecular formula is C51H74N4O8SSi. The molecule has 1 aliphatic heterocycles. The zero-order valence-corrected chi connectivity index (χ0v) is 42.9. The van der Waals surface area contributed by atoms with Crippen molar-refractivity contribution >= 4 is 46.4 Å². The smallest absolute Gasteiger partial charge is 0.358 e. The van der Waals surface area contributed by atoms with Crippen molar-refractivity contribution in [1.82, 2.24) is 19.3 Å². The van der Waals surface area contributed by atoms with Gasteiger partial charge in [-0.2, -0.15) is 4.31 Å². The van der Waals surface area contributed by atoms with Crippen molar-refractivity contribution < 1.29 is 37.3 Å². The molecule has 14 heteroatoms. The number of carboxylic acid groups (broad SMARTS) is 1. The van der Waals surface area contributed by atoms with E-state index in [-0.39, 0.29) is 39.4 Å². The van der Waals surface area contributed by atoms with Crippen LogP contribution >= 0.6 is 0 Å². The summed E-state index contributed by atoms with van der Waals surface area (Å²) in [5.74, 6) is -1.37. The Hall–Kier alpha value is -3.66. The number of ether oxygens (including phenoxy) is 3. The third kappa shape index (κ3) is 9.99. The summed E-state index contributed by atoms with van der Waals surface area (Å²) in [5.41, 5.74) is 3.21. The number of carboxylic acids is 1. The fraction of sp³-hybridized carbons (Fsp3) is 0.627. The molecule has 4 aliphatic carbocycles. The summed E-state index contributed by atoms with van der Waals surface area (Å²) >= 11 is 0. The number of methoxy groups -OCH3 is 1. The van der Waals surface area contributed by atoms with Crippen LogP contribution in [0.2, 0.25) is 25.7 Å². The van der Waals surface area contributed by atoms with Gasteiger partial charge < -0.3 is 24.3 Å². The van der Waals surface area contributed by atoms with Gasteiger partial charge in [0.1, 0.15) is 5.60 Å². The fourth-order valence-electron chi connectivity index (χ4n) is 13.0. The highest BCUT2D eigenvalue weighted by molar-refractivity contribution is 7.89. The van der Waals surface area contributed by atoms with Gasteiger partial charge in [0.15, 0.2) is 5.69 Å². The van der Waals surface area contributed by atoms with Gasteiger partial charge in [0.2, 0.25) is 10.0 Å². The molecule has 3 aromatic rings. The van der Waals surface area contributed by atoms with Gasteiger partial charge in [0.05, 0.1) is 41.9 Å². The average Bonchev–Trinajstić information content (AvgIpc) is 3.49. The number of aromatic carboxylic acids is 1. The maximum absolute atomic E-state index is 14.4. The Kier molecular flexibility index (Phi) is 13.5. The number of rotatable bonds is 18. The number of nitrogens with zero attached hydrogens (tertiary/aromatic N) is 4. The maximum atomic E-state index is 14.4. The normalized spacial score (nSPS) is 27.1. The molecule has 2 aromatic carbocycles. The number of benzene rings is 2. The van der Waals surface area contributed by atoms with Gasteiger partial charge in [-0.05, 0) is 131 Å². The summed E-state index contributed by atoms with van der Waals surface area (Å²) in [6.07, 6.45) is 6.56. The number of hydrazine groups is 1. The summed E-state index contributed by atoms with van der Waals surface area (Å²) in [4.78, 5) is 31.7. The second kappa shape index (κ2) is 17.8. The second-order valence-corrected chi connectivity index (χ2v) is 30.3. The number of aromatic nitrogens is 1. The molecule has 5 aliphatic rings. The minimum absolute atomic E-state index is 0.0160. The van der Waals surface area contributed by atoms with E-state index in [1.54, 1.807) is 23.5 Å². The number of pyridine rings is 1. The van der Waals surface area contributed by atoms with Crippen LogP contribution in [0.15, 0.2) is 54.2 Å². The first-order valence-electron chi connectivity index (χ1n) is 23.7. The highest BCUT2D eigenvalue weighted by Gasteiger charge is 2.69. The molecule has 4 saturated carbocycles. The lowest BCUT2D eigenvalue weighted by molar-refractivity contribution is -0.274. The molecule has 0 amide bonds. The number of esters is 1. The molecule has 1 N–H and O–H groups in total. The van der Waals surface area contributed by atoms with Crippen LogP contribution in [0.3, 0.4) is 0 Å². The molecule has 3 unspecified atom stereocenters. The SMILES string of the molecule is CCC1=C(c2ccc(-c3ccc4cccc(C(=O)O)c4c3)nc2C(=O)OC(C)(C)C)C(C)N(C23CC4(C)CC(C)(CC(OCCN(CCOC)S(=O)(=O)CC[Si](C)(C)C)(C4)C2)C3)N1CC. The predicted molar refractivity (Wildman–Crippen MR) is 261 cm³/mol. The van der Waals surface area contributed by atoms with Crippen LogP contribution in [-0.4, -0.2) is 121 Å². The average molecular weight is 931 g/mol. The third-order valence-electron chi connectivity index (χ3n) is 14.3. The number of hydrogen-bond acceptors (Lipinski definition) is 10. The molecule has 356 valence electrons. The number of allylic oxidation sites excluding steroid dienone is 1. The molecule has 4 bridgehead atoms. The maximum Gasteiger partial charge on any atom is 0.358 e. The lowest BCUT2D eigenvalue weighted by atomic mass is 9.41. The topological polar surface area (TPSA) is 139 Å².